The molecule has 47 heavy (non-hydrogen) atoms. The van der Waals surface area contributed by atoms with Gasteiger partial charge in [0.25, 0.3) is 0 Å². The van der Waals surface area contributed by atoms with Gasteiger partial charge in [0.05, 0.1) is 36.6 Å². The minimum Gasteiger partial charge on any atom is -0.445 e. The Hall–Kier alpha value is -4.43. The number of likely N-dealkylation sites (tertiary alicyclic amines) is 1. The number of nitrogens with one attached hydrogen (secondary N) is 1. The minimum absolute atomic E-state index is 0.0387. The van der Waals surface area contributed by atoms with Gasteiger partial charge in [0.1, 0.15) is 12.7 Å². The Labute approximate surface area is 277 Å². The normalized spacial score (nSPS) is 17.0. The molecule has 2 amide bonds. The number of nitrogens with zero attached hydrogens (tertiary/aromatic N) is 4. The summed E-state index contributed by atoms with van der Waals surface area (Å²) in [6.07, 6.45) is 0.734. The maximum atomic E-state index is 13.3. The number of piperidine rings is 1. The molecular formula is C37H45N5O5. The summed E-state index contributed by atoms with van der Waals surface area (Å²) in [4.78, 5) is 32.0. The molecule has 0 aromatic heterocycles. The Bertz CT molecular complexity index is 1450. The van der Waals surface area contributed by atoms with E-state index in [9.17, 15) is 20.0 Å². The van der Waals surface area contributed by atoms with Crippen molar-refractivity contribution in [2.75, 3.05) is 63.9 Å². The second-order valence-electron chi connectivity index (χ2n) is 12.3. The molecule has 3 aromatic rings. The van der Waals surface area contributed by atoms with Gasteiger partial charge in [-0.15, -0.1) is 0 Å². The topological polar surface area (TPSA) is 118 Å². The van der Waals surface area contributed by atoms with E-state index in [1.54, 1.807) is 4.90 Å². The molecule has 248 valence electrons. The van der Waals surface area contributed by atoms with Gasteiger partial charge in [-0.05, 0) is 42.5 Å². The fourth-order valence-corrected chi connectivity index (χ4v) is 6.22. The highest BCUT2D eigenvalue weighted by Crippen LogP contribution is 2.22. The van der Waals surface area contributed by atoms with Gasteiger partial charge in [-0.3, -0.25) is 9.69 Å². The third-order valence-electron chi connectivity index (χ3n) is 8.84. The van der Waals surface area contributed by atoms with E-state index in [1.807, 2.05) is 84.9 Å². The second-order valence-corrected chi connectivity index (χ2v) is 12.3. The third kappa shape index (κ3) is 10.3. The van der Waals surface area contributed by atoms with E-state index >= 15 is 0 Å². The number of carbonyl (C=O) groups is 2. The van der Waals surface area contributed by atoms with Gasteiger partial charge in [-0.1, -0.05) is 72.8 Å². The fraction of sp³-hybridized carbons (Fsp3) is 0.432. The van der Waals surface area contributed by atoms with E-state index in [0.717, 1.165) is 43.0 Å². The number of carbonyl (C=O) groups excluding carboxylic acids is 2. The van der Waals surface area contributed by atoms with Crippen molar-refractivity contribution in [2.45, 2.75) is 38.0 Å². The summed E-state index contributed by atoms with van der Waals surface area (Å²) in [5, 5.41) is 23.4. The predicted octanol–water partition coefficient (Wildman–Crippen LogP) is 3.83. The van der Waals surface area contributed by atoms with Gasteiger partial charge in [-0.25, -0.2) is 4.79 Å². The molecule has 2 saturated heterocycles. The van der Waals surface area contributed by atoms with E-state index in [-0.39, 0.29) is 43.8 Å². The van der Waals surface area contributed by atoms with Crippen LogP contribution in [0.25, 0.3) is 0 Å². The van der Waals surface area contributed by atoms with Gasteiger partial charge >= 0.3 is 6.09 Å². The molecule has 10 heteroatoms. The molecule has 2 N–H and O–H groups in total. The molecule has 10 nitrogen and oxygen atoms in total. The van der Waals surface area contributed by atoms with Crippen LogP contribution in [0.2, 0.25) is 0 Å². The molecule has 0 aliphatic carbocycles. The quantitative estimate of drug-likeness (QED) is 0.290. The van der Waals surface area contributed by atoms with Crippen LogP contribution in [0, 0.1) is 17.2 Å². The first-order valence-corrected chi connectivity index (χ1v) is 16.5. The molecule has 2 heterocycles. The highest BCUT2D eigenvalue weighted by Gasteiger charge is 2.29. The lowest BCUT2D eigenvalue weighted by Crippen LogP contribution is -2.49. The number of aliphatic hydroxyl groups is 1. The highest BCUT2D eigenvalue weighted by atomic mass is 16.6. The molecule has 0 saturated carbocycles. The Morgan fingerprint density at radius 3 is 2.17 bits per heavy atom. The number of ether oxygens (including phenoxy) is 2. The van der Waals surface area contributed by atoms with E-state index < -0.39 is 6.10 Å². The van der Waals surface area contributed by atoms with Gasteiger partial charge in [0.15, 0.2) is 0 Å². The largest absolute Gasteiger partial charge is 0.445 e. The number of rotatable bonds is 13. The number of piperazine rings is 1. The van der Waals surface area contributed by atoms with Crippen molar-refractivity contribution in [3.63, 3.8) is 0 Å². The van der Waals surface area contributed by atoms with Crippen molar-refractivity contribution in [3.05, 3.63) is 102 Å². The van der Waals surface area contributed by atoms with Crippen molar-refractivity contribution < 1.29 is 24.2 Å². The minimum atomic E-state index is -0.660. The molecule has 2 atom stereocenters. The zero-order valence-corrected chi connectivity index (χ0v) is 26.9. The summed E-state index contributed by atoms with van der Waals surface area (Å²) in [5.74, 6) is -0.237. The number of nitriles is 1. The van der Waals surface area contributed by atoms with Crippen LogP contribution in [0.3, 0.4) is 0 Å². The molecule has 3 aromatic carbocycles. The maximum Gasteiger partial charge on any atom is 0.410 e. The van der Waals surface area contributed by atoms with Crippen molar-refractivity contribution in [1.29, 1.82) is 5.26 Å². The number of aliphatic hydroxyl groups excluding tert-OH is 1. The highest BCUT2D eigenvalue weighted by molar-refractivity contribution is 5.79. The molecular weight excluding hydrogens is 594 g/mol. The lowest BCUT2D eigenvalue weighted by molar-refractivity contribution is -0.127. The van der Waals surface area contributed by atoms with Crippen molar-refractivity contribution in [2.24, 2.45) is 5.92 Å². The first kappa shape index (κ1) is 33.9. The van der Waals surface area contributed by atoms with Crippen LogP contribution < -0.4 is 10.2 Å². The third-order valence-corrected chi connectivity index (χ3v) is 8.84. The summed E-state index contributed by atoms with van der Waals surface area (Å²) >= 11 is 0. The second kappa shape index (κ2) is 17.5. The molecule has 2 fully saturated rings. The molecule has 0 radical (unpaired) electrons. The number of β-amino-alcohol motifs (C(OH)–C–C–N with tert-alkyl or cyclic N) is 1. The average Bonchev–Trinajstić information content (AvgIpc) is 3.11. The number of amides is 2. The summed E-state index contributed by atoms with van der Waals surface area (Å²) in [6, 6.07) is 29.2. The molecule has 0 unspecified atom stereocenters. The van der Waals surface area contributed by atoms with Crippen LogP contribution in [-0.4, -0.2) is 98.1 Å². The summed E-state index contributed by atoms with van der Waals surface area (Å²) in [6.45, 7) is 5.24. The Kier molecular flexibility index (Phi) is 12.6. The predicted molar refractivity (Wildman–Crippen MR) is 180 cm³/mol. The van der Waals surface area contributed by atoms with E-state index in [0.29, 0.717) is 44.5 Å². The number of anilines is 1. The number of benzene rings is 3. The standard InChI is InChI=1S/C37H45N5O5/c38-24-32-13-7-8-14-35(32)41-21-19-40(20-22-41)25-34(43)28-46-27-33(23-29-9-3-1-4-10-29)39-36(44)31-15-17-42(18-16-31)37(45)47-26-30-11-5-2-6-12-30/h1-14,31,33-34,43H,15-23,25-28H2,(H,39,44)/t33-,34+/m1/s1. The fourth-order valence-electron chi connectivity index (χ4n) is 6.22. The molecule has 0 spiro atoms. The van der Waals surface area contributed by atoms with Crippen LogP contribution in [-0.2, 0) is 27.3 Å². The Morgan fingerprint density at radius 2 is 1.49 bits per heavy atom. The first-order valence-electron chi connectivity index (χ1n) is 16.5. The number of hydrogen-bond donors (Lipinski definition) is 2. The van der Waals surface area contributed by atoms with E-state index in [2.05, 4.69) is 21.2 Å². The van der Waals surface area contributed by atoms with Gasteiger partial charge in [-0.2, -0.15) is 5.26 Å². The Balaban J connectivity index is 1.05. The van der Waals surface area contributed by atoms with Crippen LogP contribution in [0.5, 0.6) is 0 Å². The zero-order valence-electron chi connectivity index (χ0n) is 26.9. The lowest BCUT2D eigenvalue weighted by atomic mass is 9.95. The summed E-state index contributed by atoms with van der Waals surface area (Å²) in [5.41, 5.74) is 3.66. The average molecular weight is 640 g/mol. The van der Waals surface area contributed by atoms with Gasteiger partial charge < -0.3 is 29.7 Å². The van der Waals surface area contributed by atoms with Crippen LogP contribution in [0.1, 0.15) is 29.5 Å². The van der Waals surface area contributed by atoms with E-state index in [4.69, 9.17) is 9.47 Å². The van der Waals surface area contributed by atoms with Gasteiger partial charge in [0.2, 0.25) is 5.91 Å². The molecule has 5 rings (SSSR count). The van der Waals surface area contributed by atoms with Crippen LogP contribution in [0.15, 0.2) is 84.9 Å². The van der Waals surface area contributed by atoms with Crippen LogP contribution >= 0.6 is 0 Å². The molecule has 2 aliphatic heterocycles. The SMILES string of the molecule is N#Cc1ccccc1N1CCN(C[C@H](O)COC[C@@H](Cc2ccccc2)NC(=O)C2CCN(C(=O)OCc3ccccc3)CC2)CC1. The smallest absolute Gasteiger partial charge is 0.410 e. The van der Waals surface area contributed by atoms with Crippen LogP contribution in [0.4, 0.5) is 10.5 Å². The van der Waals surface area contributed by atoms with Crippen molar-refractivity contribution >= 4 is 17.7 Å². The monoisotopic (exact) mass is 639 g/mol. The maximum absolute atomic E-state index is 13.3. The number of hydrogen-bond acceptors (Lipinski definition) is 8. The first-order chi connectivity index (χ1) is 23.0. The molecule has 0 bridgehead atoms. The molecule has 2 aliphatic rings. The lowest BCUT2D eigenvalue weighted by Gasteiger charge is -2.37. The summed E-state index contributed by atoms with van der Waals surface area (Å²) in [7, 11) is 0. The van der Waals surface area contributed by atoms with Gasteiger partial charge in [0, 0.05) is 51.7 Å². The van der Waals surface area contributed by atoms with Crippen molar-refractivity contribution in [1.82, 2.24) is 15.1 Å². The van der Waals surface area contributed by atoms with E-state index in [1.165, 1.54) is 0 Å². The summed E-state index contributed by atoms with van der Waals surface area (Å²) < 4.78 is 11.5. The number of para-hydroxylation sites is 1. The zero-order chi connectivity index (χ0) is 32.8. The Morgan fingerprint density at radius 1 is 0.851 bits per heavy atom. The van der Waals surface area contributed by atoms with Crippen molar-refractivity contribution in [3.8, 4) is 6.07 Å².